The minimum Gasteiger partial charge on any atom is -0.454 e. The van der Waals surface area contributed by atoms with Crippen LogP contribution in [0, 0.1) is 11.3 Å². The van der Waals surface area contributed by atoms with Gasteiger partial charge >= 0.3 is 0 Å². The molecular weight excluding hydrogens is 498 g/mol. The lowest BCUT2D eigenvalue weighted by atomic mass is 10.1. The van der Waals surface area contributed by atoms with Crippen LogP contribution in [0.5, 0.6) is 11.5 Å². The Balaban J connectivity index is 1.73. The Morgan fingerprint density at radius 3 is 2.64 bits per heavy atom. The van der Waals surface area contributed by atoms with E-state index in [4.69, 9.17) is 10.5 Å². The Labute approximate surface area is 211 Å². The van der Waals surface area contributed by atoms with E-state index in [1.54, 1.807) is 13.1 Å². The van der Waals surface area contributed by atoms with Crippen LogP contribution in [0.25, 0.3) is 11.3 Å². The highest BCUT2D eigenvalue weighted by atomic mass is 32.2. The van der Waals surface area contributed by atoms with E-state index >= 15 is 0 Å². The van der Waals surface area contributed by atoms with Gasteiger partial charge in [0.2, 0.25) is 5.13 Å². The number of anilines is 1. The maximum absolute atomic E-state index is 12.7. The Morgan fingerprint density at radius 2 is 1.97 bits per heavy atom. The molecular formula is C24H19N7O3S2. The number of benzene rings is 2. The van der Waals surface area contributed by atoms with Gasteiger partial charge < -0.3 is 10.5 Å². The van der Waals surface area contributed by atoms with Crippen molar-refractivity contribution in [3.05, 3.63) is 90.5 Å². The first-order chi connectivity index (χ1) is 17.4. The predicted molar refractivity (Wildman–Crippen MR) is 137 cm³/mol. The van der Waals surface area contributed by atoms with E-state index in [0.29, 0.717) is 22.7 Å². The number of allylic oxidation sites excluding steroid dienone is 1. The first-order valence-corrected chi connectivity index (χ1v) is 12.6. The molecule has 0 amide bonds. The van der Waals surface area contributed by atoms with Crippen molar-refractivity contribution in [1.82, 2.24) is 14.3 Å². The zero-order valence-electron chi connectivity index (χ0n) is 18.9. The third kappa shape index (κ3) is 5.38. The van der Waals surface area contributed by atoms with Crippen molar-refractivity contribution in [3.8, 4) is 28.8 Å². The van der Waals surface area contributed by atoms with Crippen molar-refractivity contribution >= 4 is 32.4 Å². The quantitative estimate of drug-likeness (QED) is 0.333. The molecule has 4 rings (SSSR count). The second-order valence-electron chi connectivity index (χ2n) is 7.12. The molecule has 0 aliphatic heterocycles. The molecule has 0 saturated heterocycles. The summed E-state index contributed by atoms with van der Waals surface area (Å²) < 4.78 is 37.5. The number of sulfonamides is 1. The SMILES string of the molecule is CN=C(C=CN)c1cc(-c2ccccc2)ncc1Oc1ccc(S(=O)(=O)Nc2ncns2)cc1C#N. The van der Waals surface area contributed by atoms with Crippen LogP contribution in [0.2, 0.25) is 0 Å². The summed E-state index contributed by atoms with van der Waals surface area (Å²) in [5.74, 6) is 0.461. The number of aromatic nitrogens is 3. The van der Waals surface area contributed by atoms with E-state index in [1.807, 2.05) is 42.5 Å². The molecule has 2 aromatic carbocycles. The van der Waals surface area contributed by atoms with Gasteiger partial charge in [-0.25, -0.2) is 13.4 Å². The van der Waals surface area contributed by atoms with Crippen LogP contribution in [0.4, 0.5) is 5.13 Å². The smallest absolute Gasteiger partial charge is 0.263 e. The molecule has 2 aromatic heterocycles. The van der Waals surface area contributed by atoms with Crippen molar-refractivity contribution in [1.29, 1.82) is 5.26 Å². The summed E-state index contributed by atoms with van der Waals surface area (Å²) in [5.41, 5.74) is 8.33. The zero-order valence-corrected chi connectivity index (χ0v) is 20.5. The first-order valence-electron chi connectivity index (χ1n) is 10.4. The molecule has 180 valence electrons. The minimum atomic E-state index is -3.98. The van der Waals surface area contributed by atoms with Gasteiger partial charge in [-0.3, -0.25) is 14.7 Å². The highest BCUT2D eigenvalue weighted by Gasteiger charge is 2.20. The number of nitrogens with one attached hydrogen (secondary N) is 1. The molecule has 2 heterocycles. The summed E-state index contributed by atoms with van der Waals surface area (Å²) in [5, 5.41) is 9.83. The van der Waals surface area contributed by atoms with Crippen molar-refractivity contribution < 1.29 is 13.2 Å². The number of pyridine rings is 1. The molecule has 0 atom stereocenters. The van der Waals surface area contributed by atoms with Crippen LogP contribution in [-0.4, -0.2) is 35.5 Å². The number of hydrogen-bond acceptors (Lipinski definition) is 10. The largest absolute Gasteiger partial charge is 0.454 e. The van der Waals surface area contributed by atoms with Crippen molar-refractivity contribution in [2.45, 2.75) is 4.90 Å². The monoisotopic (exact) mass is 517 g/mol. The summed E-state index contributed by atoms with van der Waals surface area (Å²) in [7, 11) is -2.36. The number of aliphatic imine (C=N–C) groups is 1. The first kappa shape index (κ1) is 24.5. The standard InChI is InChI=1S/C24H19N7O3S2/c1-27-20(9-10-25)19-12-21(16-5-3-2-4-6-16)28-14-23(19)34-22-8-7-18(11-17(22)13-26)36(32,33)31-24-29-15-30-35-24/h2-12,14-15H,25H2,1H3,(H,29,30,31). The average Bonchev–Trinajstić information content (AvgIpc) is 3.40. The molecule has 12 heteroatoms. The van der Waals surface area contributed by atoms with Crippen molar-refractivity contribution in [2.75, 3.05) is 11.8 Å². The van der Waals surface area contributed by atoms with Crippen LogP contribution < -0.4 is 15.2 Å². The molecule has 4 aromatic rings. The third-order valence-electron chi connectivity index (χ3n) is 4.89. The van der Waals surface area contributed by atoms with Gasteiger partial charge in [-0.15, -0.1) is 0 Å². The normalized spacial score (nSPS) is 11.8. The van der Waals surface area contributed by atoms with Crippen LogP contribution in [0.15, 0.2) is 89.3 Å². The van der Waals surface area contributed by atoms with Gasteiger partial charge in [-0.2, -0.15) is 9.64 Å². The number of rotatable bonds is 8. The van der Waals surface area contributed by atoms with Crippen LogP contribution >= 0.6 is 11.5 Å². The van der Waals surface area contributed by atoms with Crippen molar-refractivity contribution in [3.63, 3.8) is 0 Å². The van der Waals surface area contributed by atoms with E-state index in [1.165, 1.54) is 36.9 Å². The summed E-state index contributed by atoms with van der Waals surface area (Å²) >= 11 is 0.895. The molecule has 36 heavy (non-hydrogen) atoms. The number of nitrogens with two attached hydrogens (primary N) is 1. The lowest BCUT2D eigenvalue weighted by Crippen LogP contribution is -2.13. The van der Waals surface area contributed by atoms with Crippen LogP contribution in [0.1, 0.15) is 11.1 Å². The van der Waals surface area contributed by atoms with Crippen LogP contribution in [0.3, 0.4) is 0 Å². The highest BCUT2D eigenvalue weighted by Crippen LogP contribution is 2.32. The van der Waals surface area contributed by atoms with E-state index in [9.17, 15) is 13.7 Å². The molecule has 0 unspecified atom stereocenters. The Bertz CT molecular complexity index is 1580. The topological polar surface area (TPSA) is 156 Å². The summed E-state index contributed by atoms with van der Waals surface area (Å²) in [4.78, 5) is 12.5. The molecule has 0 spiro atoms. The van der Waals surface area contributed by atoms with Crippen LogP contribution in [-0.2, 0) is 10.0 Å². The van der Waals surface area contributed by atoms with Gasteiger partial charge in [-0.1, -0.05) is 30.3 Å². The number of nitriles is 1. The number of ether oxygens (including phenoxy) is 1. The van der Waals surface area contributed by atoms with Gasteiger partial charge in [0.15, 0.2) is 5.75 Å². The lowest BCUT2D eigenvalue weighted by Gasteiger charge is -2.14. The Hall–Kier alpha value is -4.60. The van der Waals surface area contributed by atoms with Gasteiger partial charge in [0.1, 0.15) is 18.1 Å². The van der Waals surface area contributed by atoms with E-state index in [0.717, 1.165) is 17.1 Å². The van der Waals surface area contributed by atoms with Gasteiger partial charge in [0, 0.05) is 29.7 Å². The molecule has 0 aliphatic rings. The lowest BCUT2D eigenvalue weighted by molar-refractivity contribution is 0.477. The maximum atomic E-state index is 12.7. The predicted octanol–water partition coefficient (Wildman–Crippen LogP) is 3.96. The highest BCUT2D eigenvalue weighted by molar-refractivity contribution is 7.93. The number of hydrogen-bond donors (Lipinski definition) is 2. The second-order valence-corrected chi connectivity index (χ2v) is 9.59. The minimum absolute atomic E-state index is 0.0116. The zero-order chi connectivity index (χ0) is 25.5. The van der Waals surface area contributed by atoms with Gasteiger partial charge in [0.25, 0.3) is 10.0 Å². The summed E-state index contributed by atoms with van der Waals surface area (Å²) in [6.07, 6.45) is 5.75. The van der Waals surface area contributed by atoms with E-state index in [2.05, 4.69) is 24.1 Å². The Kier molecular flexibility index (Phi) is 7.33. The molecule has 0 bridgehead atoms. The van der Waals surface area contributed by atoms with E-state index in [-0.39, 0.29) is 21.3 Å². The van der Waals surface area contributed by atoms with Crippen molar-refractivity contribution in [2.24, 2.45) is 10.7 Å². The molecule has 3 N–H and O–H groups in total. The fourth-order valence-corrected chi connectivity index (χ4v) is 4.92. The summed E-state index contributed by atoms with van der Waals surface area (Å²) in [6.45, 7) is 0. The Morgan fingerprint density at radius 1 is 1.17 bits per heavy atom. The second kappa shape index (κ2) is 10.8. The fourth-order valence-electron chi connectivity index (χ4n) is 3.23. The average molecular weight is 518 g/mol. The molecule has 0 radical (unpaired) electrons. The fraction of sp³-hybridized carbons (Fsp3) is 0.0417. The molecule has 10 nitrogen and oxygen atoms in total. The third-order valence-corrected chi connectivity index (χ3v) is 6.94. The summed E-state index contributed by atoms with van der Waals surface area (Å²) in [6, 6.07) is 17.3. The molecule has 0 saturated carbocycles. The van der Waals surface area contributed by atoms with E-state index < -0.39 is 10.0 Å². The maximum Gasteiger partial charge on any atom is 0.263 e. The van der Waals surface area contributed by atoms with Gasteiger partial charge in [0.05, 0.1) is 28.1 Å². The molecule has 0 fully saturated rings. The molecule has 0 aliphatic carbocycles. The van der Waals surface area contributed by atoms with Gasteiger partial charge in [-0.05, 0) is 36.5 Å². The number of nitrogens with zero attached hydrogens (tertiary/aromatic N) is 5.